The molecular formula is C19H21N3O. The van der Waals surface area contributed by atoms with Crippen molar-refractivity contribution < 1.29 is 4.79 Å². The molecule has 1 heterocycles. The van der Waals surface area contributed by atoms with Crippen LogP contribution in [0, 0.1) is 6.92 Å². The van der Waals surface area contributed by atoms with E-state index in [-0.39, 0.29) is 5.91 Å². The van der Waals surface area contributed by atoms with Crippen LogP contribution >= 0.6 is 0 Å². The molecule has 0 fully saturated rings. The number of nitrogens with one attached hydrogen (secondary N) is 1. The summed E-state index contributed by atoms with van der Waals surface area (Å²) in [4.78, 5) is 16.2. The minimum Gasteiger partial charge on any atom is -0.349 e. The van der Waals surface area contributed by atoms with Crippen molar-refractivity contribution in [3.05, 3.63) is 65.5 Å². The van der Waals surface area contributed by atoms with Gasteiger partial charge in [0.25, 0.3) is 0 Å². The molecule has 0 saturated carbocycles. The minimum atomic E-state index is 0.0407. The molecule has 118 valence electrons. The third kappa shape index (κ3) is 3.42. The van der Waals surface area contributed by atoms with Gasteiger partial charge in [-0.3, -0.25) is 4.79 Å². The van der Waals surface area contributed by atoms with E-state index in [1.54, 1.807) is 0 Å². The summed E-state index contributed by atoms with van der Waals surface area (Å²) in [6.07, 6.45) is 0.484. The molecule has 3 aromatic rings. The Labute approximate surface area is 136 Å². The number of imidazole rings is 1. The highest BCUT2D eigenvalue weighted by Gasteiger charge is 2.11. The number of nitrogens with zero attached hydrogens (tertiary/aromatic N) is 2. The minimum absolute atomic E-state index is 0.0407. The molecule has 2 aromatic carbocycles. The van der Waals surface area contributed by atoms with Gasteiger partial charge in [0.05, 0.1) is 17.6 Å². The van der Waals surface area contributed by atoms with Crippen LogP contribution in [0.2, 0.25) is 0 Å². The number of hydrogen-bond acceptors (Lipinski definition) is 2. The standard InChI is InChI=1S/C19H21N3O/c1-3-19(23)20-12-18-21-16-6-4-5-7-17(16)22(18)13-15-10-8-14(2)9-11-15/h4-11H,3,12-13H2,1-2H3,(H,20,23). The first-order valence-electron chi connectivity index (χ1n) is 7.93. The van der Waals surface area contributed by atoms with E-state index >= 15 is 0 Å². The van der Waals surface area contributed by atoms with Gasteiger partial charge in [-0.1, -0.05) is 48.9 Å². The lowest BCUT2D eigenvalue weighted by Crippen LogP contribution is -2.23. The van der Waals surface area contributed by atoms with E-state index in [0.29, 0.717) is 13.0 Å². The molecule has 0 aliphatic carbocycles. The van der Waals surface area contributed by atoms with Crippen LogP contribution in [-0.2, 0) is 17.9 Å². The summed E-state index contributed by atoms with van der Waals surface area (Å²) in [5, 5.41) is 2.92. The summed E-state index contributed by atoms with van der Waals surface area (Å²) in [6.45, 7) is 5.14. The predicted octanol–water partition coefficient (Wildman–Crippen LogP) is 3.42. The topological polar surface area (TPSA) is 46.9 Å². The van der Waals surface area contributed by atoms with Crippen LogP contribution in [0.4, 0.5) is 0 Å². The molecule has 4 heteroatoms. The molecule has 0 atom stereocenters. The van der Waals surface area contributed by atoms with Crippen molar-refractivity contribution >= 4 is 16.9 Å². The second-order valence-electron chi connectivity index (χ2n) is 5.72. The molecule has 1 N–H and O–H groups in total. The SMILES string of the molecule is CCC(=O)NCc1nc2ccccc2n1Cc1ccc(C)cc1. The Hall–Kier alpha value is -2.62. The molecule has 0 aliphatic heterocycles. The zero-order valence-corrected chi connectivity index (χ0v) is 13.5. The Kier molecular flexibility index (Phi) is 4.42. The summed E-state index contributed by atoms with van der Waals surface area (Å²) >= 11 is 0. The van der Waals surface area contributed by atoms with Gasteiger partial charge in [-0.15, -0.1) is 0 Å². The molecule has 1 amide bonds. The van der Waals surface area contributed by atoms with Gasteiger partial charge >= 0.3 is 0 Å². The molecule has 0 aliphatic rings. The fourth-order valence-corrected chi connectivity index (χ4v) is 2.62. The van der Waals surface area contributed by atoms with Gasteiger partial charge in [0.2, 0.25) is 5.91 Å². The number of carbonyl (C=O) groups excluding carboxylic acids is 1. The van der Waals surface area contributed by atoms with E-state index in [0.717, 1.165) is 23.4 Å². The maximum atomic E-state index is 11.6. The fraction of sp³-hybridized carbons (Fsp3) is 0.263. The normalized spacial score (nSPS) is 10.9. The van der Waals surface area contributed by atoms with Gasteiger partial charge < -0.3 is 9.88 Å². The maximum absolute atomic E-state index is 11.6. The van der Waals surface area contributed by atoms with Crippen molar-refractivity contribution in [1.82, 2.24) is 14.9 Å². The van der Waals surface area contributed by atoms with Gasteiger partial charge in [0, 0.05) is 13.0 Å². The van der Waals surface area contributed by atoms with Gasteiger partial charge in [0.1, 0.15) is 5.82 Å². The molecule has 0 radical (unpaired) electrons. The van der Waals surface area contributed by atoms with Gasteiger partial charge in [-0.05, 0) is 24.6 Å². The number of hydrogen-bond donors (Lipinski definition) is 1. The Morgan fingerprint density at radius 3 is 2.61 bits per heavy atom. The number of para-hydroxylation sites is 2. The first kappa shape index (κ1) is 15.3. The molecule has 0 bridgehead atoms. The summed E-state index contributed by atoms with van der Waals surface area (Å²) in [6, 6.07) is 16.6. The van der Waals surface area contributed by atoms with Crippen molar-refractivity contribution in [2.24, 2.45) is 0 Å². The second kappa shape index (κ2) is 6.65. The van der Waals surface area contributed by atoms with Gasteiger partial charge in [-0.2, -0.15) is 0 Å². The number of carbonyl (C=O) groups is 1. The summed E-state index contributed by atoms with van der Waals surface area (Å²) in [5.74, 6) is 0.924. The lowest BCUT2D eigenvalue weighted by atomic mass is 10.1. The number of amides is 1. The number of rotatable bonds is 5. The van der Waals surface area contributed by atoms with Crippen molar-refractivity contribution in [2.75, 3.05) is 0 Å². The number of benzene rings is 2. The van der Waals surface area contributed by atoms with Crippen molar-refractivity contribution in [1.29, 1.82) is 0 Å². The van der Waals surface area contributed by atoms with E-state index in [4.69, 9.17) is 0 Å². The summed E-state index contributed by atoms with van der Waals surface area (Å²) < 4.78 is 2.18. The molecule has 0 unspecified atom stereocenters. The van der Waals surface area contributed by atoms with Gasteiger partial charge in [0.15, 0.2) is 0 Å². The Morgan fingerprint density at radius 2 is 1.87 bits per heavy atom. The molecule has 23 heavy (non-hydrogen) atoms. The molecular weight excluding hydrogens is 286 g/mol. The van der Waals surface area contributed by atoms with Crippen molar-refractivity contribution in [2.45, 2.75) is 33.4 Å². The molecule has 0 saturated heterocycles. The van der Waals surface area contributed by atoms with Crippen LogP contribution in [0.5, 0.6) is 0 Å². The Bertz CT molecular complexity index is 818. The van der Waals surface area contributed by atoms with Crippen LogP contribution < -0.4 is 5.32 Å². The maximum Gasteiger partial charge on any atom is 0.220 e. The highest BCUT2D eigenvalue weighted by Crippen LogP contribution is 2.18. The highest BCUT2D eigenvalue weighted by atomic mass is 16.1. The summed E-state index contributed by atoms with van der Waals surface area (Å²) in [5.41, 5.74) is 4.52. The Balaban J connectivity index is 1.95. The monoisotopic (exact) mass is 307 g/mol. The first-order chi connectivity index (χ1) is 11.2. The van der Waals surface area contributed by atoms with E-state index in [1.165, 1.54) is 11.1 Å². The number of aryl methyl sites for hydroxylation is 1. The quantitative estimate of drug-likeness (QED) is 0.785. The van der Waals surface area contributed by atoms with E-state index in [1.807, 2.05) is 25.1 Å². The highest BCUT2D eigenvalue weighted by molar-refractivity contribution is 5.77. The molecule has 4 nitrogen and oxygen atoms in total. The molecule has 1 aromatic heterocycles. The largest absolute Gasteiger partial charge is 0.349 e. The van der Waals surface area contributed by atoms with Crippen LogP contribution in [0.1, 0.15) is 30.3 Å². The second-order valence-corrected chi connectivity index (χ2v) is 5.72. The average molecular weight is 307 g/mol. The number of aromatic nitrogens is 2. The van der Waals surface area contributed by atoms with Crippen molar-refractivity contribution in [3.63, 3.8) is 0 Å². The fourth-order valence-electron chi connectivity index (χ4n) is 2.62. The van der Waals surface area contributed by atoms with Crippen molar-refractivity contribution in [3.8, 4) is 0 Å². The van der Waals surface area contributed by atoms with Crippen LogP contribution in [0.15, 0.2) is 48.5 Å². The Morgan fingerprint density at radius 1 is 1.13 bits per heavy atom. The molecule has 3 rings (SSSR count). The average Bonchev–Trinajstić information content (AvgIpc) is 2.92. The van der Waals surface area contributed by atoms with Crippen LogP contribution in [-0.4, -0.2) is 15.5 Å². The first-order valence-corrected chi connectivity index (χ1v) is 7.93. The lowest BCUT2D eigenvalue weighted by molar-refractivity contribution is -0.120. The van der Waals surface area contributed by atoms with E-state index in [9.17, 15) is 4.79 Å². The third-order valence-electron chi connectivity index (χ3n) is 3.96. The zero-order chi connectivity index (χ0) is 16.2. The predicted molar refractivity (Wildman–Crippen MR) is 92.2 cm³/mol. The number of fused-ring (bicyclic) bond motifs is 1. The smallest absolute Gasteiger partial charge is 0.220 e. The lowest BCUT2D eigenvalue weighted by Gasteiger charge is -2.10. The molecule has 0 spiro atoms. The van der Waals surface area contributed by atoms with E-state index in [2.05, 4.69) is 52.1 Å². The van der Waals surface area contributed by atoms with E-state index < -0.39 is 0 Å². The third-order valence-corrected chi connectivity index (χ3v) is 3.96. The van der Waals surface area contributed by atoms with Crippen LogP contribution in [0.3, 0.4) is 0 Å². The summed E-state index contributed by atoms with van der Waals surface area (Å²) in [7, 11) is 0. The zero-order valence-electron chi connectivity index (χ0n) is 13.5. The van der Waals surface area contributed by atoms with Crippen LogP contribution in [0.25, 0.3) is 11.0 Å². The van der Waals surface area contributed by atoms with Gasteiger partial charge in [-0.25, -0.2) is 4.98 Å².